The predicted octanol–water partition coefficient (Wildman–Crippen LogP) is 0.973. The van der Waals surface area contributed by atoms with Crippen molar-refractivity contribution in [2.45, 2.75) is 12.0 Å². The maximum absolute atomic E-state index is 5.51. The van der Waals surface area contributed by atoms with Crippen LogP contribution in [0.4, 0.5) is 5.82 Å². The molecule has 118 valence electrons. The van der Waals surface area contributed by atoms with Crippen LogP contribution in [0.2, 0.25) is 0 Å². The summed E-state index contributed by atoms with van der Waals surface area (Å²) in [6, 6.07) is 0. The van der Waals surface area contributed by atoms with E-state index in [1.165, 1.54) is 12.2 Å². The Hall–Kier alpha value is -1.38. The van der Waals surface area contributed by atoms with Crippen LogP contribution in [0.25, 0.3) is 11.2 Å². The maximum atomic E-state index is 5.51. The van der Waals surface area contributed by atoms with Crippen molar-refractivity contribution < 1.29 is 4.74 Å². The normalized spacial score (nSPS) is 26.5. The fourth-order valence-electron chi connectivity index (χ4n) is 3.28. The van der Waals surface area contributed by atoms with Gasteiger partial charge in [-0.2, -0.15) is 11.8 Å². The number of aromatic amines is 1. The Labute approximate surface area is 133 Å². The molecule has 2 aliphatic heterocycles. The Balaban J connectivity index is 1.53. The number of anilines is 1. The minimum Gasteiger partial charge on any atom is -0.379 e. The third-order valence-electron chi connectivity index (χ3n) is 4.57. The first-order valence-corrected chi connectivity index (χ1v) is 8.81. The lowest BCUT2D eigenvalue weighted by atomic mass is 9.95. The van der Waals surface area contributed by atoms with Crippen LogP contribution in [0.3, 0.4) is 0 Å². The summed E-state index contributed by atoms with van der Waals surface area (Å²) >= 11 is 2.04. The number of nitrogens with zero attached hydrogens (tertiary/aromatic N) is 4. The number of morpholine rings is 1. The third-order valence-corrected chi connectivity index (χ3v) is 5.81. The molecular formula is C14H20N6OS. The number of H-pyrrole nitrogens is 1. The van der Waals surface area contributed by atoms with E-state index in [2.05, 4.69) is 30.2 Å². The standard InChI is InChI=1S/C14H20N6OS/c1-6-22-8-14(1,20-2-4-21-5-3-20)7-15-12-11-13(17-9-16-11)19-10-18-12/h9-10H,1-8H2,(H2,15,16,17,18,19). The summed E-state index contributed by atoms with van der Waals surface area (Å²) in [6.07, 6.45) is 4.44. The molecule has 2 aromatic heterocycles. The summed E-state index contributed by atoms with van der Waals surface area (Å²) in [5.41, 5.74) is 1.79. The average Bonchev–Trinajstić information content (AvgIpc) is 3.24. The highest BCUT2D eigenvalue weighted by Gasteiger charge is 2.40. The summed E-state index contributed by atoms with van der Waals surface area (Å²) < 4.78 is 5.51. The smallest absolute Gasteiger partial charge is 0.182 e. The summed E-state index contributed by atoms with van der Waals surface area (Å²) in [7, 11) is 0. The van der Waals surface area contributed by atoms with Crippen molar-refractivity contribution in [2.24, 2.45) is 0 Å². The quantitative estimate of drug-likeness (QED) is 0.869. The molecule has 0 saturated carbocycles. The van der Waals surface area contributed by atoms with E-state index in [1.807, 2.05) is 11.8 Å². The molecule has 8 heteroatoms. The fourth-order valence-corrected chi connectivity index (χ4v) is 4.76. The Bertz CT molecular complexity index is 635. The van der Waals surface area contributed by atoms with Gasteiger partial charge in [-0.05, 0) is 12.2 Å². The largest absolute Gasteiger partial charge is 0.379 e. The minimum absolute atomic E-state index is 0.200. The Morgan fingerprint density at radius 2 is 2.23 bits per heavy atom. The van der Waals surface area contributed by atoms with E-state index in [4.69, 9.17) is 4.74 Å². The molecule has 1 atom stereocenters. The van der Waals surface area contributed by atoms with Gasteiger partial charge in [-0.3, -0.25) is 4.90 Å². The molecule has 2 saturated heterocycles. The molecule has 2 aromatic rings. The lowest BCUT2D eigenvalue weighted by Crippen LogP contribution is -2.57. The van der Waals surface area contributed by atoms with E-state index in [0.717, 1.165) is 49.9 Å². The van der Waals surface area contributed by atoms with Crippen molar-refractivity contribution >= 4 is 28.7 Å². The molecule has 0 amide bonds. The van der Waals surface area contributed by atoms with Gasteiger partial charge in [-0.25, -0.2) is 15.0 Å². The summed E-state index contributed by atoms with van der Waals surface area (Å²) in [5.74, 6) is 3.23. The van der Waals surface area contributed by atoms with Gasteiger partial charge in [-0.15, -0.1) is 0 Å². The highest BCUT2D eigenvalue weighted by atomic mass is 32.2. The van der Waals surface area contributed by atoms with Crippen LogP contribution in [-0.2, 0) is 4.74 Å². The van der Waals surface area contributed by atoms with E-state index in [-0.39, 0.29) is 5.54 Å². The van der Waals surface area contributed by atoms with Crippen molar-refractivity contribution in [2.75, 3.05) is 49.7 Å². The molecule has 1 unspecified atom stereocenters. The summed E-state index contributed by atoms with van der Waals surface area (Å²) in [6.45, 7) is 4.61. The molecule has 0 spiro atoms. The summed E-state index contributed by atoms with van der Waals surface area (Å²) in [4.78, 5) is 18.4. The van der Waals surface area contributed by atoms with Crippen LogP contribution >= 0.6 is 11.8 Å². The van der Waals surface area contributed by atoms with Gasteiger partial charge >= 0.3 is 0 Å². The van der Waals surface area contributed by atoms with E-state index in [9.17, 15) is 0 Å². The first-order valence-electron chi connectivity index (χ1n) is 7.66. The molecular weight excluding hydrogens is 300 g/mol. The van der Waals surface area contributed by atoms with Crippen molar-refractivity contribution in [3.63, 3.8) is 0 Å². The van der Waals surface area contributed by atoms with Crippen molar-refractivity contribution in [1.82, 2.24) is 24.8 Å². The van der Waals surface area contributed by atoms with Gasteiger partial charge in [0.2, 0.25) is 0 Å². The van der Waals surface area contributed by atoms with Crippen LogP contribution < -0.4 is 5.32 Å². The van der Waals surface area contributed by atoms with Gasteiger partial charge in [0, 0.05) is 30.9 Å². The molecule has 2 aliphatic rings. The number of ether oxygens (including phenoxy) is 1. The predicted molar refractivity (Wildman–Crippen MR) is 87.2 cm³/mol. The second-order valence-corrected chi connectivity index (χ2v) is 6.91. The van der Waals surface area contributed by atoms with Gasteiger partial charge < -0.3 is 15.0 Å². The van der Waals surface area contributed by atoms with Crippen molar-refractivity contribution in [1.29, 1.82) is 0 Å². The fraction of sp³-hybridized carbons (Fsp3) is 0.643. The zero-order valence-electron chi connectivity index (χ0n) is 12.4. The van der Waals surface area contributed by atoms with E-state index in [0.29, 0.717) is 5.65 Å². The average molecular weight is 320 g/mol. The zero-order chi connectivity index (χ0) is 14.8. The van der Waals surface area contributed by atoms with E-state index in [1.54, 1.807) is 12.7 Å². The lowest BCUT2D eigenvalue weighted by Gasteiger charge is -2.43. The molecule has 2 fully saturated rings. The molecule has 22 heavy (non-hydrogen) atoms. The zero-order valence-corrected chi connectivity index (χ0v) is 13.2. The summed E-state index contributed by atoms with van der Waals surface area (Å²) in [5, 5.41) is 3.54. The number of fused-ring (bicyclic) bond motifs is 1. The second-order valence-electron chi connectivity index (χ2n) is 5.80. The van der Waals surface area contributed by atoms with Crippen LogP contribution in [0.5, 0.6) is 0 Å². The Morgan fingerprint density at radius 3 is 3.05 bits per heavy atom. The number of hydrogen-bond acceptors (Lipinski definition) is 7. The highest BCUT2D eigenvalue weighted by Crippen LogP contribution is 2.34. The minimum atomic E-state index is 0.200. The van der Waals surface area contributed by atoms with Gasteiger partial charge in [-0.1, -0.05) is 0 Å². The number of hydrogen-bond donors (Lipinski definition) is 2. The Morgan fingerprint density at radius 1 is 1.32 bits per heavy atom. The highest BCUT2D eigenvalue weighted by molar-refractivity contribution is 7.99. The third kappa shape index (κ3) is 2.55. The van der Waals surface area contributed by atoms with Gasteiger partial charge in [0.15, 0.2) is 11.5 Å². The van der Waals surface area contributed by atoms with Crippen molar-refractivity contribution in [3.05, 3.63) is 12.7 Å². The van der Waals surface area contributed by atoms with Crippen molar-refractivity contribution in [3.8, 4) is 0 Å². The number of nitrogens with one attached hydrogen (secondary N) is 2. The molecule has 0 aliphatic carbocycles. The van der Waals surface area contributed by atoms with Crippen LogP contribution in [0, 0.1) is 0 Å². The lowest BCUT2D eigenvalue weighted by molar-refractivity contribution is -0.00922. The molecule has 0 bridgehead atoms. The topological polar surface area (TPSA) is 79.0 Å². The molecule has 7 nitrogen and oxygen atoms in total. The molecule has 4 rings (SSSR count). The number of aromatic nitrogens is 4. The molecule has 4 heterocycles. The second kappa shape index (κ2) is 6.02. The first kappa shape index (κ1) is 14.2. The van der Waals surface area contributed by atoms with Crippen LogP contribution in [-0.4, -0.2) is 74.7 Å². The van der Waals surface area contributed by atoms with E-state index < -0.39 is 0 Å². The van der Waals surface area contributed by atoms with Crippen LogP contribution in [0.15, 0.2) is 12.7 Å². The van der Waals surface area contributed by atoms with Gasteiger partial charge in [0.1, 0.15) is 11.8 Å². The number of imidazole rings is 1. The molecule has 2 N–H and O–H groups in total. The van der Waals surface area contributed by atoms with Gasteiger partial charge in [0.05, 0.1) is 19.5 Å². The maximum Gasteiger partial charge on any atom is 0.182 e. The SMILES string of the molecule is c1nc(NCC2(N3CCOCC3)CCSC2)c2[nH]cnc2n1. The van der Waals surface area contributed by atoms with Crippen LogP contribution in [0.1, 0.15) is 6.42 Å². The molecule has 0 radical (unpaired) electrons. The number of rotatable bonds is 4. The van der Waals surface area contributed by atoms with Gasteiger partial charge in [0.25, 0.3) is 0 Å². The monoisotopic (exact) mass is 320 g/mol. The Kier molecular flexibility index (Phi) is 3.89. The number of thioether (sulfide) groups is 1. The first-order chi connectivity index (χ1) is 10.9. The molecule has 0 aromatic carbocycles. The van der Waals surface area contributed by atoms with E-state index >= 15 is 0 Å².